The highest BCUT2D eigenvalue weighted by Crippen LogP contribution is 2.33. The first-order valence-electron chi connectivity index (χ1n) is 10.1. The summed E-state index contributed by atoms with van der Waals surface area (Å²) >= 11 is 1.48. The Balaban J connectivity index is 1.68. The number of sulfone groups is 1. The van der Waals surface area contributed by atoms with E-state index >= 15 is 0 Å². The van der Waals surface area contributed by atoms with Gasteiger partial charge in [-0.15, -0.1) is 0 Å². The van der Waals surface area contributed by atoms with Gasteiger partial charge in [0.15, 0.2) is 15.0 Å². The number of pyridine rings is 1. The summed E-state index contributed by atoms with van der Waals surface area (Å²) < 4.78 is 24.4. The summed E-state index contributed by atoms with van der Waals surface area (Å²) in [6.07, 6.45) is 3.00. The quantitative estimate of drug-likeness (QED) is 0.419. The van der Waals surface area contributed by atoms with E-state index in [9.17, 15) is 13.2 Å². The maximum atomic E-state index is 13.4. The molecule has 2 heterocycles. The molecule has 0 spiro atoms. The molecule has 0 atom stereocenters. The minimum absolute atomic E-state index is 0.129. The van der Waals surface area contributed by atoms with Gasteiger partial charge in [0, 0.05) is 12.5 Å². The van der Waals surface area contributed by atoms with Crippen LogP contribution in [0.4, 0.5) is 5.13 Å². The Morgan fingerprint density at radius 2 is 1.78 bits per heavy atom. The number of aryl methyl sites for hydroxylation is 2. The molecule has 8 heteroatoms. The van der Waals surface area contributed by atoms with Crippen molar-refractivity contribution >= 4 is 42.4 Å². The van der Waals surface area contributed by atoms with Crippen molar-refractivity contribution in [3.8, 4) is 0 Å². The third kappa shape index (κ3) is 4.71. The number of amides is 1. The predicted molar refractivity (Wildman–Crippen MR) is 128 cm³/mol. The number of anilines is 1. The highest BCUT2D eigenvalue weighted by Gasteiger charge is 2.22. The van der Waals surface area contributed by atoms with Gasteiger partial charge >= 0.3 is 0 Å². The highest BCUT2D eigenvalue weighted by molar-refractivity contribution is 7.90. The van der Waals surface area contributed by atoms with Crippen LogP contribution >= 0.6 is 11.3 Å². The van der Waals surface area contributed by atoms with Crippen LogP contribution in [-0.2, 0) is 27.6 Å². The van der Waals surface area contributed by atoms with Crippen molar-refractivity contribution < 1.29 is 13.2 Å². The van der Waals surface area contributed by atoms with Crippen LogP contribution in [0, 0.1) is 13.8 Å². The Bertz CT molecular complexity index is 1380. The van der Waals surface area contributed by atoms with Crippen molar-refractivity contribution in [2.24, 2.45) is 0 Å². The van der Waals surface area contributed by atoms with Gasteiger partial charge in [0.2, 0.25) is 5.91 Å². The van der Waals surface area contributed by atoms with Gasteiger partial charge in [-0.05, 0) is 60.9 Å². The standard InChI is InChI=1S/C24H23N3O3S2/c1-16-7-12-21-23(17(16)2)26-24(31-21)27(15-19-6-4-5-13-25-19)22(28)14-18-8-10-20(11-9-18)32(3,29)30/h4-13H,14-15H2,1-3H3. The van der Waals surface area contributed by atoms with Crippen LogP contribution in [0.15, 0.2) is 65.7 Å². The summed E-state index contributed by atoms with van der Waals surface area (Å²) in [5.41, 5.74) is 4.66. The second-order valence-corrected chi connectivity index (χ2v) is 10.8. The molecule has 2 aromatic heterocycles. The van der Waals surface area contributed by atoms with E-state index in [-0.39, 0.29) is 17.2 Å². The molecule has 1 amide bonds. The lowest BCUT2D eigenvalue weighted by Crippen LogP contribution is -2.32. The first-order chi connectivity index (χ1) is 15.2. The highest BCUT2D eigenvalue weighted by atomic mass is 32.2. The molecule has 0 saturated heterocycles. The van der Waals surface area contributed by atoms with Gasteiger partial charge in [0.25, 0.3) is 0 Å². The zero-order chi connectivity index (χ0) is 22.9. The molecule has 0 aliphatic rings. The summed E-state index contributed by atoms with van der Waals surface area (Å²) in [5, 5.41) is 0.622. The van der Waals surface area contributed by atoms with Gasteiger partial charge in [-0.1, -0.05) is 35.6 Å². The molecule has 0 unspecified atom stereocenters. The van der Waals surface area contributed by atoms with Gasteiger partial charge in [-0.25, -0.2) is 13.4 Å². The van der Waals surface area contributed by atoms with Gasteiger partial charge in [-0.2, -0.15) is 0 Å². The summed E-state index contributed by atoms with van der Waals surface area (Å²) in [7, 11) is -3.28. The molecule has 0 aliphatic carbocycles. The Morgan fingerprint density at radius 3 is 2.44 bits per heavy atom. The first kappa shape index (κ1) is 22.1. The van der Waals surface area contributed by atoms with Gasteiger partial charge < -0.3 is 0 Å². The third-order valence-corrected chi connectivity index (χ3v) is 7.53. The van der Waals surface area contributed by atoms with E-state index < -0.39 is 9.84 Å². The van der Waals surface area contributed by atoms with Crippen LogP contribution in [0.3, 0.4) is 0 Å². The number of hydrogen-bond acceptors (Lipinski definition) is 6. The van der Waals surface area contributed by atoms with Gasteiger partial charge in [-0.3, -0.25) is 14.7 Å². The SMILES string of the molecule is Cc1ccc2sc(N(Cc3ccccn3)C(=O)Cc3ccc(S(C)(=O)=O)cc3)nc2c1C. The van der Waals surface area contributed by atoms with Crippen molar-refractivity contribution in [3.05, 3.63) is 83.2 Å². The van der Waals surface area contributed by atoms with Crippen molar-refractivity contribution in [1.29, 1.82) is 0 Å². The van der Waals surface area contributed by atoms with Crippen LogP contribution in [0.5, 0.6) is 0 Å². The summed E-state index contributed by atoms with van der Waals surface area (Å²) in [4.78, 5) is 24.4. The number of thiazole rings is 1. The predicted octanol–water partition coefficient (Wildman–Crippen LogP) is 4.49. The second-order valence-electron chi connectivity index (χ2n) is 7.74. The normalized spacial score (nSPS) is 11.6. The molecule has 4 rings (SSSR count). The monoisotopic (exact) mass is 465 g/mol. The van der Waals surface area contributed by atoms with Crippen molar-refractivity contribution in [2.75, 3.05) is 11.2 Å². The van der Waals surface area contributed by atoms with Crippen LogP contribution in [0.2, 0.25) is 0 Å². The minimum atomic E-state index is -3.28. The number of carbonyl (C=O) groups is 1. The fourth-order valence-electron chi connectivity index (χ4n) is 3.37. The molecule has 2 aromatic carbocycles. The summed E-state index contributed by atoms with van der Waals surface area (Å²) in [6.45, 7) is 4.39. The minimum Gasteiger partial charge on any atom is -0.282 e. The van der Waals surface area contributed by atoms with Crippen molar-refractivity contribution in [1.82, 2.24) is 9.97 Å². The molecule has 32 heavy (non-hydrogen) atoms. The van der Waals surface area contributed by atoms with Crippen LogP contribution in [0.25, 0.3) is 10.2 Å². The van der Waals surface area contributed by atoms with E-state index in [2.05, 4.69) is 11.1 Å². The number of aromatic nitrogens is 2. The van der Waals surface area contributed by atoms with Gasteiger partial charge in [0.1, 0.15) is 0 Å². The average molecular weight is 466 g/mol. The molecule has 4 aromatic rings. The molecule has 0 radical (unpaired) electrons. The van der Waals surface area contributed by atoms with E-state index in [0.29, 0.717) is 11.7 Å². The third-order valence-electron chi connectivity index (χ3n) is 5.36. The maximum absolute atomic E-state index is 13.4. The van der Waals surface area contributed by atoms with E-state index in [1.165, 1.54) is 29.7 Å². The number of benzene rings is 2. The molecule has 0 fully saturated rings. The molecular weight excluding hydrogens is 442 g/mol. The maximum Gasteiger partial charge on any atom is 0.233 e. The smallest absolute Gasteiger partial charge is 0.233 e. The Kier molecular flexibility index (Phi) is 6.08. The van der Waals surface area contributed by atoms with Crippen molar-refractivity contribution in [2.45, 2.75) is 31.7 Å². The average Bonchev–Trinajstić information content (AvgIpc) is 3.20. The number of carbonyl (C=O) groups excluding carboxylic acids is 1. The molecule has 6 nitrogen and oxygen atoms in total. The lowest BCUT2D eigenvalue weighted by Gasteiger charge is -2.19. The van der Waals surface area contributed by atoms with Gasteiger partial charge in [0.05, 0.1) is 33.8 Å². The number of rotatable bonds is 6. The fourth-order valence-corrected chi connectivity index (χ4v) is 5.04. The van der Waals surface area contributed by atoms with Crippen LogP contribution in [-0.4, -0.2) is 30.5 Å². The lowest BCUT2D eigenvalue weighted by molar-refractivity contribution is -0.118. The Hall–Kier alpha value is -3.10. The van der Waals surface area contributed by atoms with E-state index in [4.69, 9.17) is 4.98 Å². The summed E-state index contributed by atoms with van der Waals surface area (Å²) in [5.74, 6) is -0.129. The lowest BCUT2D eigenvalue weighted by atomic mass is 10.1. The Morgan fingerprint density at radius 1 is 1.03 bits per heavy atom. The number of fused-ring (bicyclic) bond motifs is 1. The Labute approximate surface area is 191 Å². The van der Waals surface area contributed by atoms with E-state index in [1.807, 2.05) is 38.1 Å². The first-order valence-corrected chi connectivity index (χ1v) is 12.8. The van der Waals surface area contributed by atoms with Crippen LogP contribution < -0.4 is 4.90 Å². The fraction of sp³-hybridized carbons (Fsp3) is 0.208. The molecular formula is C24H23N3O3S2. The number of nitrogens with zero attached hydrogens (tertiary/aromatic N) is 3. The van der Waals surface area contributed by atoms with E-state index in [1.54, 1.807) is 23.2 Å². The zero-order valence-corrected chi connectivity index (χ0v) is 19.7. The van der Waals surface area contributed by atoms with E-state index in [0.717, 1.165) is 32.6 Å². The zero-order valence-electron chi connectivity index (χ0n) is 18.1. The topological polar surface area (TPSA) is 80.2 Å². The number of hydrogen-bond donors (Lipinski definition) is 0. The largest absolute Gasteiger partial charge is 0.282 e. The summed E-state index contributed by atoms with van der Waals surface area (Å²) in [6, 6.07) is 16.1. The molecule has 164 valence electrons. The van der Waals surface area contributed by atoms with Crippen molar-refractivity contribution in [3.63, 3.8) is 0 Å². The second kappa shape index (κ2) is 8.80. The molecule has 0 aliphatic heterocycles. The molecule has 0 N–H and O–H groups in total. The molecule has 0 saturated carbocycles. The van der Waals surface area contributed by atoms with Crippen LogP contribution in [0.1, 0.15) is 22.4 Å². The molecule has 0 bridgehead atoms.